The second kappa shape index (κ2) is 4.45. The largest absolute Gasteiger partial charge is 0.464 e. The van der Waals surface area contributed by atoms with Gasteiger partial charge in [-0.2, -0.15) is 0 Å². The molecule has 0 bridgehead atoms. The van der Waals surface area contributed by atoms with Crippen molar-refractivity contribution >= 4 is 27.6 Å². The van der Waals surface area contributed by atoms with Crippen LogP contribution in [0.25, 0.3) is 0 Å². The lowest BCUT2D eigenvalue weighted by atomic mass is 10.2. The van der Waals surface area contributed by atoms with Crippen LogP contribution in [-0.4, -0.2) is 25.2 Å². The fraction of sp³-hybridized carbons (Fsp3) is 0.417. The highest BCUT2D eigenvalue weighted by Crippen LogP contribution is 2.31. The van der Waals surface area contributed by atoms with Gasteiger partial charge in [-0.1, -0.05) is 15.9 Å². The summed E-state index contributed by atoms with van der Waals surface area (Å²) in [6.45, 7) is 5.08. The monoisotopic (exact) mass is 283 g/mol. The van der Waals surface area contributed by atoms with Crippen LogP contribution in [-0.2, 0) is 9.53 Å². The molecule has 1 atom stereocenters. The van der Waals surface area contributed by atoms with Gasteiger partial charge in [-0.25, -0.2) is 4.79 Å². The van der Waals surface area contributed by atoms with E-state index >= 15 is 0 Å². The van der Waals surface area contributed by atoms with E-state index in [2.05, 4.69) is 22.0 Å². The van der Waals surface area contributed by atoms with Gasteiger partial charge >= 0.3 is 5.97 Å². The van der Waals surface area contributed by atoms with E-state index in [1.54, 1.807) is 0 Å². The van der Waals surface area contributed by atoms with Crippen molar-refractivity contribution in [2.45, 2.75) is 19.9 Å². The number of rotatable bonds is 3. The minimum atomic E-state index is -0.122. The average molecular weight is 284 g/mol. The van der Waals surface area contributed by atoms with E-state index in [-0.39, 0.29) is 12.0 Å². The number of ether oxygens (including phenoxy) is 1. The van der Waals surface area contributed by atoms with E-state index in [0.717, 1.165) is 16.7 Å². The highest BCUT2D eigenvalue weighted by atomic mass is 79.9. The first kappa shape index (κ1) is 11.5. The summed E-state index contributed by atoms with van der Waals surface area (Å²) in [5.74, 6) is -0.122. The first-order valence-electron chi connectivity index (χ1n) is 5.33. The molecular formula is C12H14BrNO2. The Labute approximate surface area is 104 Å². The molecule has 1 aliphatic heterocycles. The third kappa shape index (κ3) is 2.21. The number of carbonyl (C=O) groups excluding carboxylic acids is 1. The predicted octanol–water partition coefficient (Wildman–Crippen LogP) is 2.51. The Hall–Kier alpha value is -1.03. The smallest absolute Gasteiger partial charge is 0.330 e. The van der Waals surface area contributed by atoms with Crippen LogP contribution in [0.2, 0.25) is 0 Å². The molecule has 1 saturated heterocycles. The summed E-state index contributed by atoms with van der Waals surface area (Å²) in [5.41, 5.74) is 2.26. The lowest BCUT2D eigenvalue weighted by Gasteiger charge is -2.07. The van der Waals surface area contributed by atoms with Gasteiger partial charge in [0.15, 0.2) is 0 Å². The molecule has 0 saturated carbocycles. The molecule has 0 N–H and O–H groups in total. The number of halogens is 1. The zero-order valence-corrected chi connectivity index (χ0v) is 11.0. The van der Waals surface area contributed by atoms with Crippen LogP contribution in [0.15, 0.2) is 22.7 Å². The van der Waals surface area contributed by atoms with Gasteiger partial charge in [-0.05, 0) is 37.6 Å². The third-order valence-electron chi connectivity index (χ3n) is 2.64. The van der Waals surface area contributed by atoms with Gasteiger partial charge in [-0.3, -0.25) is 0 Å². The van der Waals surface area contributed by atoms with Crippen LogP contribution in [0.5, 0.6) is 0 Å². The van der Waals surface area contributed by atoms with Crippen molar-refractivity contribution in [1.82, 2.24) is 0 Å². The zero-order valence-electron chi connectivity index (χ0n) is 9.37. The summed E-state index contributed by atoms with van der Waals surface area (Å²) in [6.07, 6.45) is 0. The standard InChI is InChI=1S/C12H14BrNO2/c1-3-16-12(15)11-7-14(11)9-4-5-10(13)8(2)6-9/h4-6,11H,3,7H2,1-2H3. The van der Waals surface area contributed by atoms with E-state index in [9.17, 15) is 4.79 Å². The van der Waals surface area contributed by atoms with Crippen molar-refractivity contribution in [3.05, 3.63) is 28.2 Å². The Morgan fingerprint density at radius 1 is 1.62 bits per heavy atom. The maximum atomic E-state index is 11.5. The maximum Gasteiger partial charge on any atom is 0.330 e. The van der Waals surface area contributed by atoms with Gasteiger partial charge in [0.25, 0.3) is 0 Å². The van der Waals surface area contributed by atoms with Gasteiger partial charge in [0, 0.05) is 10.2 Å². The van der Waals surface area contributed by atoms with Gasteiger partial charge in [-0.15, -0.1) is 0 Å². The molecule has 4 heteroatoms. The second-order valence-electron chi connectivity index (χ2n) is 3.85. The van der Waals surface area contributed by atoms with Crippen molar-refractivity contribution < 1.29 is 9.53 Å². The summed E-state index contributed by atoms with van der Waals surface area (Å²) in [4.78, 5) is 13.5. The fourth-order valence-electron chi connectivity index (χ4n) is 1.67. The van der Waals surface area contributed by atoms with Gasteiger partial charge in [0.05, 0.1) is 13.2 Å². The zero-order chi connectivity index (χ0) is 11.7. The molecule has 1 aromatic carbocycles. The van der Waals surface area contributed by atoms with Crippen LogP contribution in [0.1, 0.15) is 12.5 Å². The van der Waals surface area contributed by atoms with E-state index in [1.165, 1.54) is 5.56 Å². The highest BCUT2D eigenvalue weighted by Gasteiger charge is 2.41. The van der Waals surface area contributed by atoms with E-state index < -0.39 is 0 Å². The number of anilines is 1. The molecule has 0 radical (unpaired) electrons. The molecule has 0 aromatic heterocycles. The summed E-state index contributed by atoms with van der Waals surface area (Å²) < 4.78 is 6.07. The summed E-state index contributed by atoms with van der Waals surface area (Å²) >= 11 is 3.46. The highest BCUT2D eigenvalue weighted by molar-refractivity contribution is 9.10. The van der Waals surface area contributed by atoms with Crippen molar-refractivity contribution in [3.8, 4) is 0 Å². The summed E-state index contributed by atoms with van der Waals surface area (Å²) in [6, 6.07) is 6.01. The molecule has 1 unspecified atom stereocenters. The Balaban J connectivity index is 2.06. The number of nitrogens with zero attached hydrogens (tertiary/aromatic N) is 1. The maximum absolute atomic E-state index is 11.5. The topological polar surface area (TPSA) is 29.3 Å². The normalized spacial score (nSPS) is 18.4. The van der Waals surface area contributed by atoms with E-state index in [4.69, 9.17) is 4.74 Å². The molecule has 2 rings (SSSR count). The minimum Gasteiger partial charge on any atom is -0.464 e. The molecule has 0 aliphatic carbocycles. The SMILES string of the molecule is CCOC(=O)C1CN1c1ccc(Br)c(C)c1. The van der Waals surface area contributed by atoms with Crippen molar-refractivity contribution in [2.75, 3.05) is 18.1 Å². The van der Waals surface area contributed by atoms with E-state index in [1.807, 2.05) is 30.9 Å². The van der Waals surface area contributed by atoms with Crippen LogP contribution in [0.4, 0.5) is 5.69 Å². The van der Waals surface area contributed by atoms with Crippen molar-refractivity contribution in [1.29, 1.82) is 0 Å². The van der Waals surface area contributed by atoms with Gasteiger partial charge in [0.2, 0.25) is 0 Å². The van der Waals surface area contributed by atoms with Crippen molar-refractivity contribution in [2.24, 2.45) is 0 Å². The molecular weight excluding hydrogens is 270 g/mol. The van der Waals surface area contributed by atoms with Gasteiger partial charge in [0.1, 0.15) is 6.04 Å². The molecule has 1 aromatic rings. The molecule has 1 heterocycles. The Bertz CT molecular complexity index is 419. The van der Waals surface area contributed by atoms with Crippen LogP contribution in [0.3, 0.4) is 0 Å². The first-order chi connectivity index (χ1) is 7.63. The lowest BCUT2D eigenvalue weighted by Crippen LogP contribution is -2.15. The Kier molecular flexibility index (Phi) is 3.19. The number of aryl methyl sites for hydroxylation is 1. The number of esters is 1. The molecule has 86 valence electrons. The Morgan fingerprint density at radius 3 is 3.00 bits per heavy atom. The molecule has 1 aliphatic rings. The number of benzene rings is 1. The molecule has 3 nitrogen and oxygen atoms in total. The van der Waals surface area contributed by atoms with Crippen LogP contribution in [0, 0.1) is 6.92 Å². The minimum absolute atomic E-state index is 0.0828. The molecule has 0 amide bonds. The molecule has 16 heavy (non-hydrogen) atoms. The summed E-state index contributed by atoms with van der Waals surface area (Å²) in [7, 11) is 0. The van der Waals surface area contributed by atoms with Crippen LogP contribution < -0.4 is 4.90 Å². The van der Waals surface area contributed by atoms with Crippen LogP contribution >= 0.6 is 15.9 Å². The lowest BCUT2D eigenvalue weighted by molar-refractivity contribution is -0.142. The quantitative estimate of drug-likeness (QED) is 0.631. The third-order valence-corrected chi connectivity index (χ3v) is 3.53. The fourth-order valence-corrected chi connectivity index (χ4v) is 1.92. The summed E-state index contributed by atoms with van der Waals surface area (Å²) in [5, 5.41) is 0. The van der Waals surface area contributed by atoms with Gasteiger partial charge < -0.3 is 9.64 Å². The number of hydrogen-bond donors (Lipinski definition) is 0. The molecule has 1 fully saturated rings. The Morgan fingerprint density at radius 2 is 2.38 bits per heavy atom. The average Bonchev–Trinajstić information content (AvgIpc) is 3.02. The number of carbonyl (C=O) groups is 1. The first-order valence-corrected chi connectivity index (χ1v) is 6.12. The second-order valence-corrected chi connectivity index (χ2v) is 4.71. The molecule has 0 spiro atoms. The van der Waals surface area contributed by atoms with E-state index in [0.29, 0.717) is 6.61 Å². The number of hydrogen-bond acceptors (Lipinski definition) is 3. The van der Waals surface area contributed by atoms with Crippen molar-refractivity contribution in [3.63, 3.8) is 0 Å². The predicted molar refractivity (Wildman–Crippen MR) is 66.6 cm³/mol.